The fraction of sp³-hybridized carbons (Fsp3) is 0.667. The standard InChI is InChI=1S/C9H11NO5/c1-9-4-3-5(15-9)7(10(12)13)6(9)8(11)14-2/h3-7H,1-2H3/t5-,6-,7-,9+/m0/s1. The highest BCUT2D eigenvalue weighted by Crippen LogP contribution is 2.44. The highest BCUT2D eigenvalue weighted by atomic mass is 16.6. The van der Waals surface area contributed by atoms with Crippen LogP contribution < -0.4 is 0 Å². The predicted octanol–water partition coefficient (Wildman–Crippen LogP) is 0.148. The van der Waals surface area contributed by atoms with Crippen molar-refractivity contribution in [2.45, 2.75) is 24.7 Å². The Morgan fingerprint density at radius 2 is 2.33 bits per heavy atom. The molecule has 0 spiro atoms. The Balaban J connectivity index is 2.37. The van der Waals surface area contributed by atoms with Gasteiger partial charge in [-0.1, -0.05) is 12.2 Å². The number of hydrogen-bond donors (Lipinski definition) is 0. The van der Waals surface area contributed by atoms with Crippen molar-refractivity contribution < 1.29 is 19.2 Å². The van der Waals surface area contributed by atoms with E-state index in [0.29, 0.717) is 0 Å². The average Bonchev–Trinajstić information content (AvgIpc) is 2.68. The second-order valence-electron chi connectivity index (χ2n) is 3.90. The highest BCUT2D eigenvalue weighted by Gasteiger charge is 2.63. The van der Waals surface area contributed by atoms with Gasteiger partial charge in [0.25, 0.3) is 6.04 Å². The van der Waals surface area contributed by atoms with Crippen molar-refractivity contribution >= 4 is 5.97 Å². The van der Waals surface area contributed by atoms with Crippen LogP contribution in [0.5, 0.6) is 0 Å². The number of ether oxygens (including phenoxy) is 2. The summed E-state index contributed by atoms with van der Waals surface area (Å²) in [6.07, 6.45) is 2.71. The summed E-state index contributed by atoms with van der Waals surface area (Å²) in [7, 11) is 1.22. The first-order chi connectivity index (χ1) is 6.99. The van der Waals surface area contributed by atoms with Crippen LogP contribution >= 0.6 is 0 Å². The van der Waals surface area contributed by atoms with Crippen LogP contribution in [0.4, 0.5) is 0 Å². The van der Waals surface area contributed by atoms with E-state index >= 15 is 0 Å². The first kappa shape index (κ1) is 10.1. The number of rotatable bonds is 2. The minimum atomic E-state index is -1.03. The molecule has 2 rings (SSSR count). The monoisotopic (exact) mass is 213 g/mol. The zero-order valence-corrected chi connectivity index (χ0v) is 8.38. The van der Waals surface area contributed by atoms with Crippen LogP contribution in [0, 0.1) is 16.0 Å². The molecule has 2 aliphatic rings. The Bertz CT molecular complexity index is 352. The Labute approximate surface area is 86.0 Å². The first-order valence-corrected chi connectivity index (χ1v) is 4.58. The fourth-order valence-electron chi connectivity index (χ4n) is 2.29. The summed E-state index contributed by atoms with van der Waals surface area (Å²) in [5.41, 5.74) is -0.893. The maximum atomic E-state index is 11.5. The van der Waals surface area contributed by atoms with E-state index in [-0.39, 0.29) is 0 Å². The lowest BCUT2D eigenvalue weighted by molar-refractivity contribution is -0.530. The molecule has 2 bridgehead atoms. The van der Waals surface area contributed by atoms with Gasteiger partial charge >= 0.3 is 5.97 Å². The van der Waals surface area contributed by atoms with E-state index in [1.165, 1.54) is 7.11 Å². The van der Waals surface area contributed by atoms with Gasteiger partial charge in [0, 0.05) is 4.92 Å². The zero-order chi connectivity index (χ0) is 11.2. The molecule has 0 aromatic carbocycles. The van der Waals surface area contributed by atoms with Gasteiger partial charge < -0.3 is 9.47 Å². The van der Waals surface area contributed by atoms with E-state index in [9.17, 15) is 14.9 Å². The van der Waals surface area contributed by atoms with Crippen molar-refractivity contribution in [3.8, 4) is 0 Å². The van der Waals surface area contributed by atoms with Gasteiger partial charge in [0.05, 0.1) is 7.11 Å². The van der Waals surface area contributed by atoms with Gasteiger partial charge in [-0.05, 0) is 6.92 Å². The third kappa shape index (κ3) is 1.25. The molecule has 0 aromatic heterocycles. The molecule has 0 saturated carbocycles. The van der Waals surface area contributed by atoms with Gasteiger partial charge in [-0.3, -0.25) is 14.9 Å². The van der Waals surface area contributed by atoms with Crippen molar-refractivity contribution in [1.29, 1.82) is 0 Å². The summed E-state index contributed by atoms with van der Waals surface area (Å²) in [5.74, 6) is -1.45. The topological polar surface area (TPSA) is 78.7 Å². The van der Waals surface area contributed by atoms with E-state index in [0.717, 1.165) is 0 Å². The van der Waals surface area contributed by atoms with Crippen LogP contribution in [-0.2, 0) is 14.3 Å². The van der Waals surface area contributed by atoms with Crippen LogP contribution in [0.15, 0.2) is 12.2 Å². The van der Waals surface area contributed by atoms with Crippen LogP contribution in [0.3, 0.4) is 0 Å². The number of nitrogens with zero attached hydrogens (tertiary/aromatic N) is 1. The molecule has 0 aromatic rings. The number of esters is 1. The second kappa shape index (κ2) is 3.03. The van der Waals surface area contributed by atoms with Crippen LogP contribution in [0.25, 0.3) is 0 Å². The molecule has 6 heteroatoms. The SMILES string of the molecule is COC(=O)[C@@H]1[C@@H]([N+](=O)[O-])[C@@H]2C=C[C@@]1(C)O2. The molecule has 0 aliphatic carbocycles. The summed E-state index contributed by atoms with van der Waals surface area (Å²) in [4.78, 5) is 21.9. The molecule has 2 heterocycles. The minimum Gasteiger partial charge on any atom is -0.469 e. The molecule has 82 valence electrons. The number of methoxy groups -OCH3 is 1. The lowest BCUT2D eigenvalue weighted by atomic mass is 9.81. The fourth-order valence-corrected chi connectivity index (χ4v) is 2.29. The molecule has 0 unspecified atom stereocenters. The smallest absolute Gasteiger partial charge is 0.319 e. The van der Waals surface area contributed by atoms with Gasteiger partial charge in [-0.2, -0.15) is 0 Å². The largest absolute Gasteiger partial charge is 0.469 e. The van der Waals surface area contributed by atoms with E-state index < -0.39 is 34.6 Å². The zero-order valence-electron chi connectivity index (χ0n) is 8.38. The molecule has 4 atom stereocenters. The van der Waals surface area contributed by atoms with Gasteiger partial charge in [0.1, 0.15) is 11.7 Å². The number of carbonyl (C=O) groups is 1. The molecule has 2 aliphatic heterocycles. The quantitative estimate of drug-likeness (QED) is 0.282. The molecule has 15 heavy (non-hydrogen) atoms. The highest BCUT2D eigenvalue weighted by molar-refractivity contribution is 5.76. The summed E-state index contributed by atoms with van der Waals surface area (Å²) in [6.45, 7) is 1.66. The average molecular weight is 213 g/mol. The third-order valence-corrected chi connectivity index (χ3v) is 3.00. The van der Waals surface area contributed by atoms with Crippen LogP contribution in [-0.4, -0.2) is 35.7 Å². The molecule has 6 nitrogen and oxygen atoms in total. The Hall–Kier alpha value is -1.43. The van der Waals surface area contributed by atoms with Crippen LogP contribution in [0.2, 0.25) is 0 Å². The number of hydrogen-bond acceptors (Lipinski definition) is 5. The third-order valence-electron chi connectivity index (χ3n) is 3.00. The Morgan fingerprint density at radius 1 is 1.67 bits per heavy atom. The summed E-state index contributed by atoms with van der Waals surface area (Å²) in [6, 6.07) is -1.03. The minimum absolute atomic E-state index is 0.471. The lowest BCUT2D eigenvalue weighted by Gasteiger charge is -2.23. The molecule has 1 saturated heterocycles. The molecule has 1 fully saturated rings. The Kier molecular flexibility index (Phi) is 2.04. The van der Waals surface area contributed by atoms with E-state index in [1.807, 2.05) is 0 Å². The van der Waals surface area contributed by atoms with Crippen molar-refractivity contribution in [2.75, 3.05) is 7.11 Å². The maximum Gasteiger partial charge on any atom is 0.319 e. The number of carbonyl (C=O) groups excluding carboxylic acids is 1. The lowest BCUT2D eigenvalue weighted by Crippen LogP contribution is -2.45. The van der Waals surface area contributed by atoms with Crippen molar-refractivity contribution in [3.05, 3.63) is 22.3 Å². The molecule has 0 amide bonds. The van der Waals surface area contributed by atoms with Gasteiger partial charge in [-0.15, -0.1) is 0 Å². The van der Waals surface area contributed by atoms with Gasteiger partial charge in [0.2, 0.25) is 0 Å². The molecular formula is C9H11NO5. The van der Waals surface area contributed by atoms with E-state index in [1.54, 1.807) is 19.1 Å². The Morgan fingerprint density at radius 3 is 2.87 bits per heavy atom. The summed E-state index contributed by atoms with van der Waals surface area (Å²) in [5, 5.41) is 10.8. The number of fused-ring (bicyclic) bond motifs is 2. The van der Waals surface area contributed by atoms with Crippen molar-refractivity contribution in [1.82, 2.24) is 0 Å². The predicted molar refractivity (Wildman–Crippen MR) is 48.7 cm³/mol. The van der Waals surface area contributed by atoms with Crippen LogP contribution in [0.1, 0.15) is 6.92 Å². The summed E-state index contributed by atoms with van der Waals surface area (Å²) >= 11 is 0. The molecule has 0 radical (unpaired) electrons. The molecule has 0 N–H and O–H groups in total. The van der Waals surface area contributed by atoms with Crippen molar-refractivity contribution in [3.63, 3.8) is 0 Å². The molecular weight excluding hydrogens is 202 g/mol. The normalized spacial score (nSPS) is 41.9. The van der Waals surface area contributed by atoms with E-state index in [2.05, 4.69) is 4.74 Å². The van der Waals surface area contributed by atoms with Gasteiger partial charge in [-0.25, -0.2) is 0 Å². The van der Waals surface area contributed by atoms with E-state index in [4.69, 9.17) is 4.74 Å². The second-order valence-corrected chi connectivity index (χ2v) is 3.90. The first-order valence-electron chi connectivity index (χ1n) is 4.58. The van der Waals surface area contributed by atoms with Gasteiger partial charge in [0.15, 0.2) is 5.92 Å². The van der Waals surface area contributed by atoms with Crippen molar-refractivity contribution in [2.24, 2.45) is 5.92 Å². The maximum absolute atomic E-state index is 11.5. The number of nitro groups is 1. The summed E-state index contributed by atoms with van der Waals surface area (Å²) < 4.78 is 9.99.